The van der Waals surface area contributed by atoms with Crippen LogP contribution in [0.4, 0.5) is 4.39 Å². The molecule has 0 saturated carbocycles. The molecule has 2 aromatic carbocycles. The number of ether oxygens (including phenoxy) is 1. The highest BCUT2D eigenvalue weighted by Gasteiger charge is 2.12. The lowest BCUT2D eigenvalue weighted by Gasteiger charge is -2.14. The van der Waals surface area contributed by atoms with Crippen LogP contribution in [-0.2, 0) is 0 Å². The predicted molar refractivity (Wildman–Crippen MR) is 76.4 cm³/mol. The zero-order valence-corrected chi connectivity index (χ0v) is 11.8. The van der Waals surface area contributed by atoms with Gasteiger partial charge in [0.05, 0.1) is 10.0 Å². The molecule has 0 heterocycles. The molecule has 0 spiro atoms. The Kier molecular flexibility index (Phi) is 3.85. The molecule has 0 fully saturated rings. The first-order valence-corrected chi connectivity index (χ1v) is 6.35. The van der Waals surface area contributed by atoms with Gasteiger partial charge in [0, 0.05) is 0 Å². The maximum Gasteiger partial charge on any atom is 0.141 e. The Bertz CT molecular complexity index is 643. The van der Waals surface area contributed by atoms with E-state index in [1.165, 1.54) is 18.2 Å². The van der Waals surface area contributed by atoms with E-state index in [1.54, 1.807) is 12.1 Å². The summed E-state index contributed by atoms with van der Waals surface area (Å²) in [5.74, 6) is 0.549. The third kappa shape index (κ3) is 2.93. The molecule has 0 aliphatic rings. The minimum atomic E-state index is -0.351. The van der Waals surface area contributed by atoms with Crippen LogP contribution in [0.3, 0.4) is 0 Å². The van der Waals surface area contributed by atoms with Gasteiger partial charge < -0.3 is 10.5 Å². The molecule has 98 valence electrons. The Morgan fingerprint density at radius 3 is 2.68 bits per heavy atom. The molecule has 2 aromatic rings. The van der Waals surface area contributed by atoms with Crippen LogP contribution in [0.1, 0.15) is 11.1 Å². The Labute approximate surface area is 118 Å². The van der Waals surface area contributed by atoms with E-state index < -0.39 is 0 Å². The van der Waals surface area contributed by atoms with Gasteiger partial charge in [0.2, 0.25) is 0 Å². The van der Waals surface area contributed by atoms with Crippen molar-refractivity contribution in [2.45, 2.75) is 6.92 Å². The highest BCUT2D eigenvalue weighted by molar-refractivity contribution is 9.10. The summed E-state index contributed by atoms with van der Waals surface area (Å²) in [5.41, 5.74) is 6.89. The Hall–Kier alpha value is -1.88. The van der Waals surface area contributed by atoms with E-state index in [2.05, 4.69) is 15.9 Å². The van der Waals surface area contributed by atoms with Crippen LogP contribution in [0.15, 0.2) is 40.9 Å². The smallest absolute Gasteiger partial charge is 0.141 e. The normalized spacial score (nSPS) is 10.3. The van der Waals surface area contributed by atoms with Crippen molar-refractivity contribution in [2.24, 2.45) is 5.73 Å². The van der Waals surface area contributed by atoms with E-state index in [4.69, 9.17) is 15.9 Å². The number of nitrogens with two attached hydrogens (primary N) is 1. The lowest BCUT2D eigenvalue weighted by molar-refractivity contribution is 0.472. The van der Waals surface area contributed by atoms with Gasteiger partial charge in [-0.15, -0.1) is 0 Å². The van der Waals surface area contributed by atoms with Gasteiger partial charge in [-0.25, -0.2) is 4.39 Å². The molecule has 0 aliphatic carbocycles. The molecule has 0 atom stereocenters. The van der Waals surface area contributed by atoms with Crippen LogP contribution in [0.25, 0.3) is 0 Å². The molecule has 19 heavy (non-hydrogen) atoms. The van der Waals surface area contributed by atoms with E-state index in [1.807, 2.05) is 13.0 Å². The second kappa shape index (κ2) is 5.40. The molecule has 0 radical (unpaired) electrons. The van der Waals surface area contributed by atoms with Crippen LogP contribution in [0.5, 0.6) is 11.5 Å². The number of benzene rings is 2. The molecule has 0 unspecified atom stereocenters. The van der Waals surface area contributed by atoms with Gasteiger partial charge in [0.1, 0.15) is 23.2 Å². The average Bonchev–Trinajstić information content (AvgIpc) is 2.34. The van der Waals surface area contributed by atoms with Crippen molar-refractivity contribution >= 4 is 21.8 Å². The number of rotatable bonds is 3. The summed E-state index contributed by atoms with van der Waals surface area (Å²) < 4.78 is 19.3. The molecule has 3 N–H and O–H groups in total. The number of hydrogen-bond donors (Lipinski definition) is 2. The Morgan fingerprint density at radius 2 is 2.05 bits per heavy atom. The minimum Gasteiger partial charge on any atom is -0.455 e. The highest BCUT2D eigenvalue weighted by Crippen LogP contribution is 2.33. The van der Waals surface area contributed by atoms with Crippen molar-refractivity contribution in [3.63, 3.8) is 0 Å². The highest BCUT2D eigenvalue weighted by atomic mass is 79.9. The van der Waals surface area contributed by atoms with Gasteiger partial charge in [-0.3, -0.25) is 5.41 Å². The summed E-state index contributed by atoms with van der Waals surface area (Å²) in [6.07, 6.45) is 0. The van der Waals surface area contributed by atoms with Crippen LogP contribution in [0.2, 0.25) is 0 Å². The number of nitrogen functional groups attached to an aromatic ring is 1. The summed E-state index contributed by atoms with van der Waals surface area (Å²) in [7, 11) is 0. The zero-order valence-electron chi connectivity index (χ0n) is 10.2. The fraction of sp³-hybridized carbons (Fsp3) is 0.0714. The Balaban J connectivity index is 2.46. The number of amidine groups is 1. The van der Waals surface area contributed by atoms with E-state index in [9.17, 15) is 4.39 Å². The van der Waals surface area contributed by atoms with Crippen LogP contribution < -0.4 is 10.5 Å². The molecule has 3 nitrogen and oxygen atoms in total. The SMILES string of the molecule is Cc1cccc(C(=N)N)c1Oc1ccc(F)cc1Br. The lowest BCUT2D eigenvalue weighted by Crippen LogP contribution is -2.12. The first kappa shape index (κ1) is 13.5. The van der Waals surface area contributed by atoms with Gasteiger partial charge in [-0.1, -0.05) is 12.1 Å². The number of hydrogen-bond acceptors (Lipinski definition) is 2. The van der Waals surface area contributed by atoms with Crippen molar-refractivity contribution < 1.29 is 9.13 Å². The van der Waals surface area contributed by atoms with Crippen molar-refractivity contribution in [1.29, 1.82) is 5.41 Å². The largest absolute Gasteiger partial charge is 0.455 e. The summed E-state index contributed by atoms with van der Waals surface area (Å²) in [4.78, 5) is 0. The van der Waals surface area contributed by atoms with Gasteiger partial charge in [0.25, 0.3) is 0 Å². The molecular formula is C14H12BrFN2O. The van der Waals surface area contributed by atoms with Crippen molar-refractivity contribution in [1.82, 2.24) is 0 Å². The quantitative estimate of drug-likeness (QED) is 0.663. The third-order valence-corrected chi connectivity index (χ3v) is 3.23. The fourth-order valence-corrected chi connectivity index (χ4v) is 2.10. The third-order valence-electron chi connectivity index (χ3n) is 2.61. The molecular weight excluding hydrogens is 311 g/mol. The number of aryl methyl sites for hydroxylation is 1. The molecule has 2 rings (SSSR count). The van der Waals surface area contributed by atoms with E-state index in [-0.39, 0.29) is 11.7 Å². The standard InChI is InChI=1S/C14H12BrFN2O/c1-8-3-2-4-10(14(17)18)13(8)19-12-6-5-9(16)7-11(12)15/h2-7H,1H3,(H3,17,18). The molecule has 0 aliphatic heterocycles. The predicted octanol–water partition coefficient (Wildman–Crippen LogP) is 3.97. The second-order valence-electron chi connectivity index (χ2n) is 4.04. The first-order chi connectivity index (χ1) is 8.99. The summed E-state index contributed by atoms with van der Waals surface area (Å²) in [6, 6.07) is 9.53. The molecule has 0 amide bonds. The van der Waals surface area contributed by atoms with Crippen LogP contribution >= 0.6 is 15.9 Å². The molecule has 0 bridgehead atoms. The molecule has 5 heteroatoms. The van der Waals surface area contributed by atoms with Crippen molar-refractivity contribution in [2.75, 3.05) is 0 Å². The summed E-state index contributed by atoms with van der Waals surface area (Å²) in [6.45, 7) is 1.86. The van der Waals surface area contributed by atoms with Crippen molar-refractivity contribution in [3.8, 4) is 11.5 Å². The maximum atomic E-state index is 13.0. The zero-order chi connectivity index (χ0) is 14.0. The summed E-state index contributed by atoms with van der Waals surface area (Å²) in [5, 5.41) is 7.55. The van der Waals surface area contributed by atoms with Crippen LogP contribution in [-0.4, -0.2) is 5.84 Å². The number of halogens is 2. The monoisotopic (exact) mass is 322 g/mol. The minimum absolute atomic E-state index is 0.0723. The van der Waals surface area contributed by atoms with Gasteiger partial charge in [-0.2, -0.15) is 0 Å². The van der Waals surface area contributed by atoms with Gasteiger partial charge in [-0.05, 0) is 52.7 Å². The summed E-state index contributed by atoms with van der Waals surface area (Å²) >= 11 is 3.24. The van der Waals surface area contributed by atoms with E-state index >= 15 is 0 Å². The van der Waals surface area contributed by atoms with Gasteiger partial charge >= 0.3 is 0 Å². The van der Waals surface area contributed by atoms with E-state index in [0.717, 1.165) is 5.56 Å². The maximum absolute atomic E-state index is 13.0. The number of nitrogens with one attached hydrogen (secondary N) is 1. The average molecular weight is 323 g/mol. The lowest BCUT2D eigenvalue weighted by atomic mass is 10.1. The molecule has 0 saturated heterocycles. The van der Waals surface area contributed by atoms with Crippen LogP contribution in [0, 0.1) is 18.2 Å². The van der Waals surface area contributed by atoms with Crippen molar-refractivity contribution in [3.05, 3.63) is 57.8 Å². The molecule has 0 aromatic heterocycles. The van der Waals surface area contributed by atoms with Gasteiger partial charge in [0.15, 0.2) is 0 Å². The van der Waals surface area contributed by atoms with E-state index in [0.29, 0.717) is 21.5 Å². The number of para-hydroxylation sites is 1. The second-order valence-corrected chi connectivity index (χ2v) is 4.90. The topological polar surface area (TPSA) is 59.1 Å². The Morgan fingerprint density at radius 1 is 1.32 bits per heavy atom. The first-order valence-electron chi connectivity index (χ1n) is 5.56. The fourth-order valence-electron chi connectivity index (χ4n) is 1.67.